The van der Waals surface area contributed by atoms with E-state index in [1.807, 2.05) is 0 Å². The number of aryl methyl sites for hydroxylation is 1. The SMILES string of the molecule is Cc1ccc([N+](=O)[O-])cc1S(=O)(=O)NC1C2CNCC21. The van der Waals surface area contributed by atoms with Gasteiger partial charge in [-0.05, 0) is 37.4 Å². The van der Waals surface area contributed by atoms with Crippen LogP contribution >= 0.6 is 0 Å². The number of nitrogens with one attached hydrogen (secondary N) is 2. The minimum Gasteiger partial charge on any atom is -0.316 e. The quantitative estimate of drug-likeness (QED) is 0.619. The Labute approximate surface area is 116 Å². The first kappa shape index (κ1) is 13.5. The Morgan fingerprint density at radius 2 is 2.00 bits per heavy atom. The first-order valence-corrected chi connectivity index (χ1v) is 7.86. The molecular weight excluding hydrogens is 282 g/mol. The van der Waals surface area contributed by atoms with Crippen molar-refractivity contribution in [3.05, 3.63) is 33.9 Å². The Kier molecular flexibility index (Phi) is 3.03. The maximum atomic E-state index is 12.4. The molecule has 0 bridgehead atoms. The summed E-state index contributed by atoms with van der Waals surface area (Å²) in [7, 11) is -3.71. The van der Waals surface area contributed by atoms with E-state index in [4.69, 9.17) is 0 Å². The first-order valence-electron chi connectivity index (χ1n) is 6.38. The van der Waals surface area contributed by atoms with E-state index in [9.17, 15) is 18.5 Å². The molecule has 0 aromatic heterocycles. The average Bonchev–Trinajstić information content (AvgIpc) is 2.83. The molecule has 7 nitrogen and oxygen atoms in total. The number of hydrogen-bond donors (Lipinski definition) is 2. The molecule has 8 heteroatoms. The first-order chi connectivity index (χ1) is 9.40. The predicted molar refractivity (Wildman–Crippen MR) is 71.8 cm³/mol. The molecule has 2 fully saturated rings. The Hall–Kier alpha value is -1.51. The van der Waals surface area contributed by atoms with Crippen molar-refractivity contribution < 1.29 is 13.3 Å². The van der Waals surface area contributed by atoms with Gasteiger partial charge in [0.15, 0.2) is 0 Å². The van der Waals surface area contributed by atoms with Crippen molar-refractivity contribution in [2.75, 3.05) is 13.1 Å². The number of nitro benzene ring substituents is 1. The number of nitro groups is 1. The van der Waals surface area contributed by atoms with E-state index in [1.165, 1.54) is 12.1 Å². The number of benzene rings is 1. The van der Waals surface area contributed by atoms with Crippen LogP contribution in [-0.2, 0) is 10.0 Å². The molecule has 0 radical (unpaired) electrons. The molecule has 1 heterocycles. The van der Waals surface area contributed by atoms with Crippen molar-refractivity contribution in [3.8, 4) is 0 Å². The van der Waals surface area contributed by atoms with Crippen molar-refractivity contribution in [2.45, 2.75) is 17.9 Å². The van der Waals surface area contributed by atoms with E-state index in [2.05, 4.69) is 10.0 Å². The van der Waals surface area contributed by atoms with Gasteiger partial charge in [-0.1, -0.05) is 6.07 Å². The van der Waals surface area contributed by atoms with Crippen LogP contribution in [0, 0.1) is 28.9 Å². The molecule has 1 aliphatic carbocycles. The fraction of sp³-hybridized carbons (Fsp3) is 0.500. The van der Waals surface area contributed by atoms with Crippen molar-refractivity contribution in [2.24, 2.45) is 11.8 Å². The van der Waals surface area contributed by atoms with Gasteiger partial charge in [-0.3, -0.25) is 10.1 Å². The lowest BCUT2D eigenvalue weighted by Crippen LogP contribution is -2.32. The smallest absolute Gasteiger partial charge is 0.270 e. The minimum atomic E-state index is -3.71. The number of hydrogen-bond acceptors (Lipinski definition) is 5. The molecule has 3 rings (SSSR count). The van der Waals surface area contributed by atoms with Crippen LogP contribution in [-0.4, -0.2) is 32.5 Å². The van der Waals surface area contributed by atoms with Crippen molar-refractivity contribution in [3.63, 3.8) is 0 Å². The zero-order chi connectivity index (χ0) is 14.5. The third kappa shape index (κ3) is 2.19. The summed E-state index contributed by atoms with van der Waals surface area (Å²) >= 11 is 0. The fourth-order valence-electron chi connectivity index (χ4n) is 2.83. The van der Waals surface area contributed by atoms with Gasteiger partial charge in [-0.2, -0.15) is 0 Å². The second-order valence-electron chi connectivity index (χ2n) is 5.34. The summed E-state index contributed by atoms with van der Waals surface area (Å²) in [4.78, 5) is 10.2. The lowest BCUT2D eigenvalue weighted by atomic mass is 10.2. The van der Waals surface area contributed by atoms with Crippen LogP contribution in [0.5, 0.6) is 0 Å². The Balaban J connectivity index is 1.87. The van der Waals surface area contributed by atoms with Gasteiger partial charge in [-0.25, -0.2) is 13.1 Å². The third-order valence-corrected chi connectivity index (χ3v) is 5.66. The zero-order valence-corrected chi connectivity index (χ0v) is 11.7. The molecule has 108 valence electrons. The van der Waals surface area contributed by atoms with Crippen molar-refractivity contribution in [1.82, 2.24) is 10.0 Å². The molecule has 2 unspecified atom stereocenters. The maximum Gasteiger partial charge on any atom is 0.270 e. The van der Waals surface area contributed by atoms with Crippen molar-refractivity contribution in [1.29, 1.82) is 0 Å². The fourth-order valence-corrected chi connectivity index (χ4v) is 4.43. The molecule has 20 heavy (non-hydrogen) atoms. The van der Waals surface area contributed by atoms with Gasteiger partial charge in [0.2, 0.25) is 10.0 Å². The van der Waals surface area contributed by atoms with Gasteiger partial charge in [0.05, 0.1) is 9.82 Å². The van der Waals surface area contributed by atoms with Gasteiger partial charge >= 0.3 is 0 Å². The molecule has 1 saturated heterocycles. The lowest BCUT2D eigenvalue weighted by Gasteiger charge is -2.10. The van der Waals surface area contributed by atoms with E-state index in [-0.39, 0.29) is 16.6 Å². The van der Waals surface area contributed by atoms with Crippen molar-refractivity contribution >= 4 is 15.7 Å². The zero-order valence-electron chi connectivity index (χ0n) is 10.9. The van der Waals surface area contributed by atoms with Crippen LogP contribution in [0.2, 0.25) is 0 Å². The highest BCUT2D eigenvalue weighted by atomic mass is 32.2. The van der Waals surface area contributed by atoms with Crippen LogP contribution in [0.3, 0.4) is 0 Å². The molecule has 1 aromatic rings. The Morgan fingerprint density at radius 1 is 1.35 bits per heavy atom. The number of sulfonamides is 1. The summed E-state index contributed by atoms with van der Waals surface area (Å²) in [6.45, 7) is 3.28. The van der Waals surface area contributed by atoms with Gasteiger partial charge in [0.1, 0.15) is 0 Å². The predicted octanol–water partition coefficient (Wildman–Crippen LogP) is 0.399. The summed E-state index contributed by atoms with van der Waals surface area (Å²) in [6.07, 6.45) is 0. The third-order valence-electron chi connectivity index (χ3n) is 4.05. The van der Waals surface area contributed by atoms with Gasteiger partial charge in [0, 0.05) is 18.2 Å². The number of nitrogens with zero attached hydrogens (tertiary/aromatic N) is 1. The van der Waals surface area contributed by atoms with Gasteiger partial charge < -0.3 is 5.32 Å². The molecule has 1 aliphatic heterocycles. The van der Waals surface area contributed by atoms with Gasteiger partial charge in [0.25, 0.3) is 5.69 Å². The topological polar surface area (TPSA) is 101 Å². The number of fused-ring (bicyclic) bond motifs is 1. The summed E-state index contributed by atoms with van der Waals surface area (Å²) in [5.74, 6) is 0.701. The van der Waals surface area contributed by atoms with E-state index < -0.39 is 14.9 Å². The minimum absolute atomic E-state index is 0.00960. The Bertz CT molecular complexity index is 663. The van der Waals surface area contributed by atoms with Gasteiger partial charge in [-0.15, -0.1) is 0 Å². The van der Waals surface area contributed by atoms with E-state index in [0.717, 1.165) is 19.2 Å². The molecule has 1 aromatic carbocycles. The normalized spacial score (nSPS) is 28.1. The second kappa shape index (κ2) is 4.51. The molecule has 0 spiro atoms. The van der Waals surface area contributed by atoms with Crippen LogP contribution in [0.4, 0.5) is 5.69 Å². The highest BCUT2D eigenvalue weighted by Gasteiger charge is 2.54. The van der Waals surface area contributed by atoms with Crippen LogP contribution in [0.15, 0.2) is 23.1 Å². The summed E-state index contributed by atoms with van der Waals surface area (Å²) in [6, 6.07) is 3.85. The standard InChI is InChI=1S/C12H15N3O4S/c1-7-2-3-8(15(16)17)4-11(7)20(18,19)14-12-9-5-13-6-10(9)12/h2-4,9-10,12-14H,5-6H2,1H3. The van der Waals surface area contributed by atoms with E-state index in [1.54, 1.807) is 6.92 Å². The molecular formula is C12H15N3O4S. The van der Waals surface area contributed by atoms with E-state index in [0.29, 0.717) is 17.4 Å². The van der Waals surface area contributed by atoms with Crippen LogP contribution < -0.4 is 10.0 Å². The second-order valence-corrected chi connectivity index (χ2v) is 7.02. The lowest BCUT2D eigenvalue weighted by molar-refractivity contribution is -0.385. The molecule has 1 saturated carbocycles. The molecule has 2 aliphatic rings. The Morgan fingerprint density at radius 3 is 2.60 bits per heavy atom. The highest BCUT2D eigenvalue weighted by molar-refractivity contribution is 7.89. The summed E-state index contributed by atoms with van der Waals surface area (Å²) in [5.41, 5.74) is 0.292. The molecule has 0 amide bonds. The summed E-state index contributed by atoms with van der Waals surface area (Å²) in [5, 5.41) is 14.0. The highest BCUT2D eigenvalue weighted by Crippen LogP contribution is 2.42. The maximum absolute atomic E-state index is 12.4. The molecule has 2 atom stereocenters. The monoisotopic (exact) mass is 297 g/mol. The van der Waals surface area contributed by atoms with Crippen LogP contribution in [0.1, 0.15) is 5.56 Å². The number of non-ortho nitro benzene ring substituents is 1. The molecule has 2 N–H and O–H groups in total. The number of piperidine rings is 1. The van der Waals surface area contributed by atoms with Crippen LogP contribution in [0.25, 0.3) is 0 Å². The largest absolute Gasteiger partial charge is 0.316 e. The average molecular weight is 297 g/mol. The van der Waals surface area contributed by atoms with E-state index >= 15 is 0 Å². The summed E-state index contributed by atoms with van der Waals surface area (Å²) < 4.78 is 27.4. The number of rotatable bonds is 4.